The van der Waals surface area contributed by atoms with Crippen LogP contribution in [0.1, 0.15) is 0 Å². The molecule has 0 spiro atoms. The van der Waals surface area contributed by atoms with Crippen LogP contribution in [0.2, 0.25) is 0 Å². The van der Waals surface area contributed by atoms with Gasteiger partial charge in [-0.15, -0.1) is 0 Å². The van der Waals surface area contributed by atoms with E-state index >= 15 is 0 Å². The van der Waals surface area contributed by atoms with Crippen molar-refractivity contribution in [1.82, 2.24) is 4.57 Å². The van der Waals surface area contributed by atoms with Crippen molar-refractivity contribution in [3.63, 3.8) is 0 Å². The first kappa shape index (κ1) is 12.9. The predicted octanol–water partition coefficient (Wildman–Crippen LogP) is 1.85. The molecule has 2 aromatic rings. The zero-order valence-corrected chi connectivity index (χ0v) is 9.79. The van der Waals surface area contributed by atoms with Gasteiger partial charge in [0.15, 0.2) is 0 Å². The molecule has 0 amide bonds. The van der Waals surface area contributed by atoms with E-state index < -0.39 is 22.7 Å². The van der Waals surface area contributed by atoms with Gasteiger partial charge < -0.3 is 4.57 Å². The van der Waals surface area contributed by atoms with E-state index in [1.165, 1.54) is 24.3 Å². The first-order valence-corrected chi connectivity index (χ1v) is 6.40. The van der Waals surface area contributed by atoms with Crippen molar-refractivity contribution in [2.24, 2.45) is 5.14 Å². The zero-order chi connectivity index (χ0) is 13.6. The summed E-state index contributed by atoms with van der Waals surface area (Å²) >= 11 is 0. The van der Waals surface area contributed by atoms with Crippen molar-refractivity contribution in [2.75, 3.05) is 0 Å². The number of aromatic nitrogens is 1. The fourth-order valence-corrected chi connectivity index (χ4v) is 2.52. The number of nitrogens with zero attached hydrogens (tertiary/aromatic N) is 1. The largest absolute Gasteiger partial charge is 0.406 e. The molecule has 1 aromatic heterocycles. The molecule has 0 saturated heterocycles. The number of primary sulfonamides is 1. The third-order valence-electron chi connectivity index (χ3n) is 2.41. The number of halogens is 3. The van der Waals surface area contributed by atoms with Crippen molar-refractivity contribution in [1.29, 1.82) is 0 Å². The Balaban J connectivity index is 2.70. The van der Waals surface area contributed by atoms with Crippen molar-refractivity contribution in [2.45, 2.75) is 17.6 Å². The summed E-state index contributed by atoms with van der Waals surface area (Å²) in [6.45, 7) is -1.26. The molecule has 0 bridgehead atoms. The van der Waals surface area contributed by atoms with Crippen LogP contribution in [0.15, 0.2) is 35.4 Å². The summed E-state index contributed by atoms with van der Waals surface area (Å²) in [7, 11) is -4.05. The average Bonchev–Trinajstić information content (AvgIpc) is 2.55. The number of alkyl halides is 3. The van der Waals surface area contributed by atoms with Gasteiger partial charge in [0.2, 0.25) is 10.0 Å². The summed E-state index contributed by atoms with van der Waals surface area (Å²) in [6, 6.07) is 5.90. The molecule has 1 heterocycles. The topological polar surface area (TPSA) is 65.1 Å². The van der Waals surface area contributed by atoms with E-state index in [1.807, 2.05) is 0 Å². The molecule has 98 valence electrons. The molecule has 8 heteroatoms. The van der Waals surface area contributed by atoms with E-state index in [0.29, 0.717) is 0 Å². The van der Waals surface area contributed by atoms with E-state index in [4.69, 9.17) is 5.14 Å². The highest BCUT2D eigenvalue weighted by molar-refractivity contribution is 7.89. The summed E-state index contributed by atoms with van der Waals surface area (Å²) in [5.74, 6) is 0. The summed E-state index contributed by atoms with van der Waals surface area (Å²) in [6.07, 6.45) is -3.52. The van der Waals surface area contributed by atoms with Crippen molar-refractivity contribution in [3.8, 4) is 0 Å². The summed E-state index contributed by atoms with van der Waals surface area (Å²) < 4.78 is 60.6. The molecule has 0 aliphatic carbocycles. The number of fused-ring (bicyclic) bond motifs is 1. The normalized spacial score (nSPS) is 13.1. The van der Waals surface area contributed by atoms with Crippen molar-refractivity contribution >= 4 is 20.9 Å². The van der Waals surface area contributed by atoms with Crippen LogP contribution in [0.3, 0.4) is 0 Å². The Morgan fingerprint density at radius 3 is 2.39 bits per heavy atom. The Morgan fingerprint density at radius 2 is 1.83 bits per heavy atom. The van der Waals surface area contributed by atoms with Crippen LogP contribution in [0.5, 0.6) is 0 Å². The molecule has 0 fully saturated rings. The standard InChI is InChI=1S/C10H9F3N2O2S/c11-10(12,13)6-15-5-9(18(14,16)17)7-3-1-2-4-8(7)15/h1-5H,6H2,(H2,14,16,17). The van der Waals surface area contributed by atoms with Crippen LogP contribution < -0.4 is 5.14 Å². The van der Waals surface area contributed by atoms with Crippen LogP contribution in [-0.2, 0) is 16.6 Å². The fourth-order valence-electron chi connectivity index (χ4n) is 1.76. The molecule has 0 atom stereocenters. The lowest BCUT2D eigenvalue weighted by Crippen LogP contribution is -2.17. The number of hydrogen-bond acceptors (Lipinski definition) is 2. The molecule has 18 heavy (non-hydrogen) atoms. The SMILES string of the molecule is NS(=O)(=O)c1cn(CC(F)(F)F)c2ccccc12. The molecule has 4 nitrogen and oxygen atoms in total. The number of hydrogen-bond donors (Lipinski definition) is 1. The Hall–Kier alpha value is -1.54. The fraction of sp³-hybridized carbons (Fsp3) is 0.200. The lowest BCUT2D eigenvalue weighted by molar-refractivity contribution is -0.139. The van der Waals surface area contributed by atoms with Gasteiger partial charge in [0.1, 0.15) is 11.4 Å². The van der Waals surface area contributed by atoms with Gasteiger partial charge in [-0.1, -0.05) is 18.2 Å². The quantitative estimate of drug-likeness (QED) is 0.911. The van der Waals surface area contributed by atoms with Gasteiger partial charge in [-0.25, -0.2) is 13.6 Å². The van der Waals surface area contributed by atoms with E-state index in [-0.39, 0.29) is 15.8 Å². The maximum absolute atomic E-state index is 12.4. The second kappa shape index (κ2) is 3.99. The molecule has 0 aliphatic rings. The predicted molar refractivity (Wildman–Crippen MR) is 59.4 cm³/mol. The minimum atomic E-state index is -4.43. The second-order valence-electron chi connectivity index (χ2n) is 3.80. The highest BCUT2D eigenvalue weighted by Gasteiger charge is 2.29. The Labute approximate surface area is 101 Å². The van der Waals surface area contributed by atoms with Crippen LogP contribution in [-0.4, -0.2) is 19.2 Å². The molecular weight excluding hydrogens is 269 g/mol. The number of nitrogens with two attached hydrogens (primary N) is 1. The second-order valence-corrected chi connectivity index (χ2v) is 5.33. The molecule has 1 aromatic carbocycles. The minimum Gasteiger partial charge on any atom is -0.337 e. The molecular formula is C10H9F3N2O2S. The number of rotatable bonds is 2. The van der Waals surface area contributed by atoms with Gasteiger partial charge in [-0.05, 0) is 6.07 Å². The first-order valence-electron chi connectivity index (χ1n) is 4.86. The van der Waals surface area contributed by atoms with Crippen LogP contribution in [0.4, 0.5) is 13.2 Å². The average molecular weight is 278 g/mol. The van der Waals surface area contributed by atoms with E-state index in [9.17, 15) is 21.6 Å². The van der Waals surface area contributed by atoms with Gasteiger partial charge in [0.25, 0.3) is 0 Å². The molecule has 2 rings (SSSR count). The lowest BCUT2D eigenvalue weighted by Gasteiger charge is -2.08. The highest BCUT2D eigenvalue weighted by atomic mass is 32.2. The minimum absolute atomic E-state index is 0.179. The summed E-state index contributed by atoms with van der Waals surface area (Å²) in [5.41, 5.74) is 0.179. The molecule has 0 radical (unpaired) electrons. The summed E-state index contributed by atoms with van der Waals surface area (Å²) in [5, 5.41) is 5.16. The van der Waals surface area contributed by atoms with Crippen molar-refractivity contribution < 1.29 is 21.6 Å². The van der Waals surface area contributed by atoms with E-state index in [2.05, 4.69) is 0 Å². The van der Waals surface area contributed by atoms with Gasteiger partial charge in [-0.3, -0.25) is 0 Å². The summed E-state index contributed by atoms with van der Waals surface area (Å²) in [4.78, 5) is -0.303. The van der Waals surface area contributed by atoms with Crippen LogP contribution >= 0.6 is 0 Å². The number of benzene rings is 1. The first-order chi connectivity index (χ1) is 8.18. The number of sulfonamides is 1. The van der Waals surface area contributed by atoms with Gasteiger partial charge >= 0.3 is 6.18 Å². The van der Waals surface area contributed by atoms with Gasteiger partial charge in [0, 0.05) is 17.1 Å². The van der Waals surface area contributed by atoms with Gasteiger partial charge in [0.05, 0.1) is 0 Å². The molecule has 0 aliphatic heterocycles. The number of para-hydroxylation sites is 1. The van der Waals surface area contributed by atoms with Crippen molar-refractivity contribution in [3.05, 3.63) is 30.5 Å². The van der Waals surface area contributed by atoms with Gasteiger partial charge in [-0.2, -0.15) is 13.2 Å². The van der Waals surface area contributed by atoms with Crippen LogP contribution in [0.25, 0.3) is 10.9 Å². The molecule has 0 unspecified atom stereocenters. The maximum Gasteiger partial charge on any atom is 0.406 e. The third kappa shape index (κ3) is 2.49. The Kier molecular flexibility index (Phi) is 2.86. The smallest absolute Gasteiger partial charge is 0.337 e. The highest BCUT2D eigenvalue weighted by Crippen LogP contribution is 2.27. The monoisotopic (exact) mass is 278 g/mol. The molecule has 0 saturated carbocycles. The lowest BCUT2D eigenvalue weighted by atomic mass is 10.2. The Bertz CT molecular complexity index is 689. The zero-order valence-electron chi connectivity index (χ0n) is 8.98. The molecule has 2 N–H and O–H groups in total. The van der Waals surface area contributed by atoms with Crippen LogP contribution in [0, 0.1) is 0 Å². The van der Waals surface area contributed by atoms with E-state index in [0.717, 1.165) is 10.8 Å². The third-order valence-corrected chi connectivity index (χ3v) is 3.35. The maximum atomic E-state index is 12.4. The van der Waals surface area contributed by atoms with E-state index in [1.54, 1.807) is 0 Å². The Morgan fingerprint density at radius 1 is 1.22 bits per heavy atom.